The van der Waals surface area contributed by atoms with Gasteiger partial charge in [-0.15, -0.1) is 5.10 Å². The molecule has 0 bridgehead atoms. The van der Waals surface area contributed by atoms with E-state index in [1.807, 2.05) is 0 Å². The van der Waals surface area contributed by atoms with Crippen LogP contribution in [0.15, 0.2) is 36.7 Å². The van der Waals surface area contributed by atoms with Crippen LogP contribution in [-0.4, -0.2) is 32.0 Å². The molecule has 2 N–H and O–H groups in total. The number of carboxylic acid groups (broad SMARTS) is 1. The highest BCUT2D eigenvalue weighted by molar-refractivity contribution is 6.31. The van der Waals surface area contributed by atoms with E-state index in [4.69, 9.17) is 11.6 Å². The number of nitrogens with one attached hydrogen (secondary N) is 1. The molecule has 0 saturated carbocycles. The monoisotopic (exact) mass is 294 g/mol. The third-order valence-corrected chi connectivity index (χ3v) is 2.89. The highest BCUT2D eigenvalue weighted by atomic mass is 35.5. The average molecular weight is 295 g/mol. The van der Waals surface area contributed by atoms with E-state index in [0.29, 0.717) is 5.56 Å². The second-order valence-electron chi connectivity index (χ2n) is 3.96. The van der Waals surface area contributed by atoms with Crippen molar-refractivity contribution < 1.29 is 14.7 Å². The van der Waals surface area contributed by atoms with E-state index in [1.54, 1.807) is 24.3 Å². The van der Waals surface area contributed by atoms with E-state index < -0.39 is 17.9 Å². The standard InChI is InChI=1S/C12H11ClN4O3/c13-9-4-2-1-3-8(9)11(12(19)20)15-10(18)7-17-6-5-14-16-17/h1-6,11H,7H2,(H,15,18)(H,19,20)/t11-/m1/s1. The summed E-state index contributed by atoms with van der Waals surface area (Å²) in [6.45, 7) is -0.117. The van der Waals surface area contributed by atoms with Crippen molar-refractivity contribution in [2.45, 2.75) is 12.6 Å². The average Bonchev–Trinajstić information content (AvgIpc) is 2.89. The van der Waals surface area contributed by atoms with Crippen LogP contribution in [0, 0.1) is 0 Å². The molecule has 1 aromatic carbocycles. The SMILES string of the molecule is O=C(Cn1ccnn1)N[C@@H](C(=O)O)c1ccccc1Cl. The Morgan fingerprint density at radius 3 is 2.75 bits per heavy atom. The van der Waals surface area contributed by atoms with Crippen LogP contribution in [0.25, 0.3) is 0 Å². The van der Waals surface area contributed by atoms with Crippen molar-refractivity contribution in [2.24, 2.45) is 0 Å². The normalized spacial score (nSPS) is 11.8. The molecule has 1 atom stereocenters. The lowest BCUT2D eigenvalue weighted by Gasteiger charge is -2.16. The van der Waals surface area contributed by atoms with Crippen LogP contribution in [0.4, 0.5) is 0 Å². The number of hydrogen-bond acceptors (Lipinski definition) is 4. The third-order valence-electron chi connectivity index (χ3n) is 2.55. The van der Waals surface area contributed by atoms with Gasteiger partial charge in [0.1, 0.15) is 6.54 Å². The van der Waals surface area contributed by atoms with Gasteiger partial charge < -0.3 is 10.4 Å². The Morgan fingerprint density at radius 1 is 1.40 bits per heavy atom. The molecule has 1 aromatic heterocycles. The van der Waals surface area contributed by atoms with E-state index in [1.165, 1.54) is 17.1 Å². The predicted molar refractivity (Wildman–Crippen MR) is 70.0 cm³/mol. The smallest absolute Gasteiger partial charge is 0.330 e. The number of amides is 1. The zero-order valence-electron chi connectivity index (χ0n) is 10.2. The Labute approximate surface area is 119 Å². The van der Waals surface area contributed by atoms with Crippen molar-refractivity contribution in [2.75, 3.05) is 0 Å². The van der Waals surface area contributed by atoms with Crippen molar-refractivity contribution in [3.05, 3.63) is 47.2 Å². The van der Waals surface area contributed by atoms with Gasteiger partial charge in [0, 0.05) is 16.8 Å². The maximum absolute atomic E-state index is 11.8. The second kappa shape index (κ2) is 6.16. The predicted octanol–water partition coefficient (Wildman–Crippen LogP) is 0.874. The van der Waals surface area contributed by atoms with Crippen LogP contribution in [0.2, 0.25) is 5.02 Å². The summed E-state index contributed by atoms with van der Waals surface area (Å²) in [5, 5.41) is 19.1. The van der Waals surface area contributed by atoms with Gasteiger partial charge in [0.2, 0.25) is 5.91 Å². The number of aromatic nitrogens is 3. The maximum Gasteiger partial charge on any atom is 0.330 e. The Balaban J connectivity index is 2.12. The number of benzene rings is 1. The number of halogens is 1. The van der Waals surface area contributed by atoms with E-state index in [0.717, 1.165) is 0 Å². The Morgan fingerprint density at radius 2 is 2.15 bits per heavy atom. The van der Waals surface area contributed by atoms with Crippen molar-refractivity contribution in [3.8, 4) is 0 Å². The molecule has 2 aromatic rings. The fourth-order valence-corrected chi connectivity index (χ4v) is 1.90. The summed E-state index contributed by atoms with van der Waals surface area (Å²) in [6.07, 6.45) is 2.93. The molecule has 20 heavy (non-hydrogen) atoms. The summed E-state index contributed by atoms with van der Waals surface area (Å²) < 4.78 is 1.29. The second-order valence-corrected chi connectivity index (χ2v) is 4.37. The minimum atomic E-state index is -1.21. The number of carbonyl (C=O) groups excluding carboxylic acids is 1. The number of carbonyl (C=O) groups is 2. The van der Waals surface area contributed by atoms with Crippen LogP contribution >= 0.6 is 11.6 Å². The van der Waals surface area contributed by atoms with Crippen LogP contribution in [-0.2, 0) is 16.1 Å². The molecule has 8 heteroatoms. The summed E-state index contributed by atoms with van der Waals surface area (Å²) in [5.74, 6) is -1.69. The first-order chi connectivity index (χ1) is 9.58. The summed E-state index contributed by atoms with van der Waals surface area (Å²) in [7, 11) is 0. The zero-order chi connectivity index (χ0) is 14.5. The molecule has 0 aliphatic rings. The quantitative estimate of drug-likeness (QED) is 0.853. The minimum absolute atomic E-state index is 0.117. The van der Waals surface area contributed by atoms with Crippen molar-refractivity contribution in [3.63, 3.8) is 0 Å². The highest BCUT2D eigenvalue weighted by Gasteiger charge is 2.24. The summed E-state index contributed by atoms with van der Waals surface area (Å²) in [6, 6.07) is 5.25. The molecular weight excluding hydrogens is 284 g/mol. The van der Waals surface area contributed by atoms with Crippen molar-refractivity contribution >= 4 is 23.5 Å². The van der Waals surface area contributed by atoms with Crippen molar-refractivity contribution in [1.29, 1.82) is 0 Å². The molecule has 0 aliphatic carbocycles. The van der Waals surface area contributed by atoms with Gasteiger partial charge in [-0.3, -0.25) is 4.79 Å². The van der Waals surface area contributed by atoms with E-state index >= 15 is 0 Å². The largest absolute Gasteiger partial charge is 0.479 e. The van der Waals surface area contributed by atoms with Crippen molar-refractivity contribution in [1.82, 2.24) is 20.3 Å². The summed E-state index contributed by atoms with van der Waals surface area (Å²) in [4.78, 5) is 23.1. The zero-order valence-corrected chi connectivity index (χ0v) is 11.0. The Bertz CT molecular complexity index is 615. The van der Waals surface area contributed by atoms with Gasteiger partial charge in [0.25, 0.3) is 0 Å². The molecule has 1 amide bonds. The fraction of sp³-hybridized carbons (Fsp3) is 0.167. The molecule has 0 fully saturated rings. The lowest BCUT2D eigenvalue weighted by molar-refractivity contribution is -0.142. The lowest BCUT2D eigenvalue weighted by Crippen LogP contribution is -2.36. The lowest BCUT2D eigenvalue weighted by atomic mass is 10.1. The molecule has 7 nitrogen and oxygen atoms in total. The van der Waals surface area contributed by atoms with Gasteiger partial charge in [0.05, 0.1) is 6.20 Å². The fourth-order valence-electron chi connectivity index (χ4n) is 1.65. The third kappa shape index (κ3) is 3.33. The number of hydrogen-bond donors (Lipinski definition) is 2. The molecule has 0 radical (unpaired) electrons. The van der Waals surface area contributed by atoms with E-state index in [9.17, 15) is 14.7 Å². The molecular formula is C12H11ClN4O3. The Kier molecular flexibility index (Phi) is 4.31. The van der Waals surface area contributed by atoms with E-state index in [-0.39, 0.29) is 11.6 Å². The topological polar surface area (TPSA) is 97.1 Å². The van der Waals surface area contributed by atoms with E-state index in [2.05, 4.69) is 15.6 Å². The van der Waals surface area contributed by atoms with Crippen LogP contribution in [0.5, 0.6) is 0 Å². The molecule has 0 saturated heterocycles. The maximum atomic E-state index is 11.8. The minimum Gasteiger partial charge on any atom is -0.479 e. The van der Waals surface area contributed by atoms with Crippen LogP contribution in [0.3, 0.4) is 0 Å². The molecule has 0 aliphatic heterocycles. The number of carboxylic acids is 1. The van der Waals surface area contributed by atoms with Gasteiger partial charge in [-0.05, 0) is 6.07 Å². The first kappa shape index (κ1) is 14.0. The van der Waals surface area contributed by atoms with Gasteiger partial charge in [-0.1, -0.05) is 35.0 Å². The summed E-state index contributed by atoms with van der Waals surface area (Å²) >= 11 is 5.95. The Hall–Kier alpha value is -2.41. The van der Waals surface area contributed by atoms with Crippen LogP contribution < -0.4 is 5.32 Å². The number of aliphatic carboxylic acids is 1. The van der Waals surface area contributed by atoms with Gasteiger partial charge in [0.15, 0.2) is 6.04 Å². The van der Waals surface area contributed by atoms with Gasteiger partial charge in [-0.25, -0.2) is 9.48 Å². The number of rotatable bonds is 5. The highest BCUT2D eigenvalue weighted by Crippen LogP contribution is 2.22. The van der Waals surface area contributed by atoms with Crippen LogP contribution in [0.1, 0.15) is 11.6 Å². The first-order valence-electron chi connectivity index (χ1n) is 5.68. The van der Waals surface area contributed by atoms with Gasteiger partial charge in [-0.2, -0.15) is 0 Å². The molecule has 0 unspecified atom stereocenters. The molecule has 2 rings (SSSR count). The number of nitrogens with zero attached hydrogens (tertiary/aromatic N) is 3. The first-order valence-corrected chi connectivity index (χ1v) is 6.06. The van der Waals surface area contributed by atoms with Gasteiger partial charge >= 0.3 is 5.97 Å². The molecule has 104 valence electrons. The molecule has 1 heterocycles. The summed E-state index contributed by atoms with van der Waals surface area (Å²) in [5.41, 5.74) is 0.327. The molecule has 0 spiro atoms.